The number of anilines is 1. The number of benzene rings is 1. The van der Waals surface area contributed by atoms with Crippen LogP contribution in [-0.2, 0) is 4.79 Å². The molecule has 0 aliphatic carbocycles. The molecule has 110 valence electrons. The third kappa shape index (κ3) is 3.61. The fourth-order valence-corrected chi connectivity index (χ4v) is 1.46. The number of carbonyl (C=O) groups excluding carboxylic acids is 1. The van der Waals surface area contributed by atoms with Crippen LogP contribution in [0.15, 0.2) is 24.3 Å². The molecule has 0 fully saturated rings. The standard InChI is InChI=1S/C13H18N2O5/c1-13(19,11(16)17)8-14-12(18)15(2)9-6-4-5-7-10(9)20-3/h4-7,19H,8H2,1-3H3,(H,14,18)(H,16,17). The zero-order valence-corrected chi connectivity index (χ0v) is 11.6. The Balaban J connectivity index is 2.75. The Bertz CT molecular complexity index is 501. The topological polar surface area (TPSA) is 99.1 Å². The van der Waals surface area contributed by atoms with Gasteiger partial charge in [0.2, 0.25) is 0 Å². The minimum Gasteiger partial charge on any atom is -0.495 e. The van der Waals surface area contributed by atoms with Gasteiger partial charge in [0.15, 0.2) is 5.60 Å². The Morgan fingerprint density at radius 3 is 2.55 bits per heavy atom. The maximum atomic E-state index is 11.9. The highest BCUT2D eigenvalue weighted by Crippen LogP contribution is 2.26. The van der Waals surface area contributed by atoms with Crippen molar-refractivity contribution >= 4 is 17.7 Å². The smallest absolute Gasteiger partial charge is 0.337 e. The number of aliphatic hydroxyl groups is 1. The van der Waals surface area contributed by atoms with Crippen LogP contribution in [0.25, 0.3) is 0 Å². The van der Waals surface area contributed by atoms with Gasteiger partial charge in [-0.2, -0.15) is 0 Å². The summed E-state index contributed by atoms with van der Waals surface area (Å²) in [6.45, 7) is 0.708. The van der Waals surface area contributed by atoms with E-state index in [1.807, 2.05) is 0 Å². The molecule has 0 bridgehead atoms. The molecule has 0 aromatic heterocycles. The lowest BCUT2D eigenvalue weighted by atomic mass is 10.1. The summed E-state index contributed by atoms with van der Waals surface area (Å²) in [5.74, 6) is -0.895. The molecule has 3 N–H and O–H groups in total. The van der Waals surface area contributed by atoms with E-state index in [4.69, 9.17) is 9.84 Å². The van der Waals surface area contributed by atoms with E-state index < -0.39 is 24.1 Å². The molecule has 1 atom stereocenters. The Morgan fingerprint density at radius 1 is 1.40 bits per heavy atom. The summed E-state index contributed by atoms with van der Waals surface area (Å²) in [6, 6.07) is 6.36. The average Bonchev–Trinajstić information content (AvgIpc) is 2.43. The van der Waals surface area contributed by atoms with E-state index in [1.165, 1.54) is 19.1 Å². The number of hydrogen-bond acceptors (Lipinski definition) is 4. The monoisotopic (exact) mass is 282 g/mol. The molecular weight excluding hydrogens is 264 g/mol. The third-order valence-electron chi connectivity index (χ3n) is 2.80. The fraction of sp³-hybridized carbons (Fsp3) is 0.385. The first kappa shape index (κ1) is 15.8. The molecule has 0 saturated heterocycles. The number of aliphatic carboxylic acids is 1. The summed E-state index contributed by atoms with van der Waals surface area (Å²) in [6.07, 6.45) is 0. The molecule has 1 aromatic carbocycles. The Hall–Kier alpha value is -2.28. The Morgan fingerprint density at radius 2 is 2.00 bits per heavy atom. The Kier molecular flexibility index (Phi) is 4.93. The second-order valence-corrected chi connectivity index (χ2v) is 4.47. The molecule has 0 radical (unpaired) electrons. The molecule has 7 heteroatoms. The number of rotatable bonds is 5. The highest BCUT2D eigenvalue weighted by molar-refractivity contribution is 5.93. The summed E-state index contributed by atoms with van der Waals surface area (Å²) in [7, 11) is 3.00. The molecule has 1 aromatic rings. The number of carboxylic acid groups (broad SMARTS) is 1. The molecule has 20 heavy (non-hydrogen) atoms. The van der Waals surface area contributed by atoms with E-state index in [-0.39, 0.29) is 0 Å². The van der Waals surface area contributed by atoms with Crippen molar-refractivity contribution in [3.8, 4) is 5.75 Å². The molecule has 2 amide bonds. The average molecular weight is 282 g/mol. The van der Waals surface area contributed by atoms with Gasteiger partial charge in [0.05, 0.1) is 19.3 Å². The lowest BCUT2D eigenvalue weighted by Gasteiger charge is -2.23. The minimum absolute atomic E-state index is 0.402. The van der Waals surface area contributed by atoms with Gasteiger partial charge in [0.1, 0.15) is 5.75 Å². The molecule has 0 saturated carbocycles. The van der Waals surface area contributed by atoms with Crippen LogP contribution in [0.4, 0.5) is 10.5 Å². The predicted molar refractivity (Wildman–Crippen MR) is 73.1 cm³/mol. The van der Waals surface area contributed by atoms with Crippen molar-refractivity contribution in [1.29, 1.82) is 0 Å². The van der Waals surface area contributed by atoms with Crippen LogP contribution in [0.5, 0.6) is 5.75 Å². The largest absolute Gasteiger partial charge is 0.495 e. The molecule has 1 unspecified atom stereocenters. The number of methoxy groups -OCH3 is 1. The number of nitrogens with one attached hydrogen (secondary N) is 1. The summed E-state index contributed by atoms with van der Waals surface area (Å²) in [5, 5.41) is 20.6. The van der Waals surface area contributed by atoms with Crippen molar-refractivity contribution in [1.82, 2.24) is 5.32 Å². The summed E-state index contributed by atoms with van der Waals surface area (Å²) in [5.41, 5.74) is -1.49. The quantitative estimate of drug-likeness (QED) is 0.737. The zero-order chi connectivity index (χ0) is 15.3. The molecule has 0 aliphatic rings. The van der Waals surface area contributed by atoms with Crippen LogP contribution < -0.4 is 15.0 Å². The molecule has 0 aliphatic heterocycles. The van der Waals surface area contributed by atoms with E-state index in [2.05, 4.69) is 5.32 Å². The van der Waals surface area contributed by atoms with E-state index in [0.29, 0.717) is 11.4 Å². The molecule has 7 nitrogen and oxygen atoms in total. The summed E-state index contributed by atoms with van der Waals surface area (Å²) < 4.78 is 5.14. The second kappa shape index (κ2) is 6.25. The van der Waals surface area contributed by atoms with Crippen molar-refractivity contribution in [2.24, 2.45) is 0 Å². The number of amides is 2. The number of carboxylic acids is 1. The van der Waals surface area contributed by atoms with Crippen molar-refractivity contribution in [3.05, 3.63) is 24.3 Å². The lowest BCUT2D eigenvalue weighted by molar-refractivity contribution is -0.155. The van der Waals surface area contributed by atoms with Gasteiger partial charge in [-0.1, -0.05) is 12.1 Å². The Labute approximate surface area is 116 Å². The van der Waals surface area contributed by atoms with Gasteiger partial charge in [0, 0.05) is 7.05 Å². The van der Waals surface area contributed by atoms with Gasteiger partial charge in [-0.25, -0.2) is 9.59 Å². The van der Waals surface area contributed by atoms with Gasteiger partial charge in [-0.15, -0.1) is 0 Å². The number of nitrogens with zero attached hydrogens (tertiary/aromatic N) is 1. The summed E-state index contributed by atoms with van der Waals surface area (Å²) >= 11 is 0. The highest BCUT2D eigenvalue weighted by Gasteiger charge is 2.30. The van der Waals surface area contributed by atoms with E-state index in [9.17, 15) is 14.7 Å². The zero-order valence-electron chi connectivity index (χ0n) is 11.6. The normalized spacial score (nSPS) is 13.2. The van der Waals surface area contributed by atoms with Gasteiger partial charge in [-0.3, -0.25) is 4.90 Å². The second-order valence-electron chi connectivity index (χ2n) is 4.47. The van der Waals surface area contributed by atoms with Crippen LogP contribution in [0.3, 0.4) is 0 Å². The SMILES string of the molecule is COc1ccccc1N(C)C(=O)NCC(C)(O)C(=O)O. The summed E-state index contributed by atoms with van der Waals surface area (Å²) in [4.78, 5) is 23.9. The number of ether oxygens (including phenoxy) is 1. The first-order chi connectivity index (χ1) is 9.29. The maximum Gasteiger partial charge on any atom is 0.337 e. The molecule has 1 rings (SSSR count). The first-order valence-corrected chi connectivity index (χ1v) is 5.90. The first-order valence-electron chi connectivity index (χ1n) is 5.90. The van der Waals surface area contributed by atoms with Gasteiger partial charge < -0.3 is 20.3 Å². The van der Waals surface area contributed by atoms with Crippen LogP contribution >= 0.6 is 0 Å². The third-order valence-corrected chi connectivity index (χ3v) is 2.80. The number of para-hydroxylation sites is 2. The lowest BCUT2D eigenvalue weighted by Crippen LogP contribution is -2.49. The van der Waals surface area contributed by atoms with Gasteiger partial charge in [-0.05, 0) is 19.1 Å². The van der Waals surface area contributed by atoms with Crippen LogP contribution in [0.1, 0.15) is 6.92 Å². The number of urea groups is 1. The fourth-order valence-electron chi connectivity index (χ4n) is 1.46. The molecule has 0 heterocycles. The van der Waals surface area contributed by atoms with E-state index in [0.717, 1.165) is 6.92 Å². The van der Waals surface area contributed by atoms with Crippen molar-refractivity contribution in [2.45, 2.75) is 12.5 Å². The van der Waals surface area contributed by atoms with Crippen LogP contribution in [-0.4, -0.2) is 48.5 Å². The maximum absolute atomic E-state index is 11.9. The van der Waals surface area contributed by atoms with Crippen LogP contribution in [0.2, 0.25) is 0 Å². The van der Waals surface area contributed by atoms with E-state index >= 15 is 0 Å². The minimum atomic E-state index is -2.02. The van der Waals surface area contributed by atoms with E-state index in [1.54, 1.807) is 24.3 Å². The highest BCUT2D eigenvalue weighted by atomic mass is 16.5. The van der Waals surface area contributed by atoms with Crippen molar-refractivity contribution < 1.29 is 24.5 Å². The molecule has 0 spiro atoms. The van der Waals surface area contributed by atoms with Crippen molar-refractivity contribution in [2.75, 3.05) is 25.6 Å². The van der Waals surface area contributed by atoms with Gasteiger partial charge in [0.25, 0.3) is 0 Å². The number of carbonyl (C=O) groups is 2. The van der Waals surface area contributed by atoms with Crippen molar-refractivity contribution in [3.63, 3.8) is 0 Å². The molecular formula is C13H18N2O5. The van der Waals surface area contributed by atoms with Crippen LogP contribution in [0, 0.1) is 0 Å². The van der Waals surface area contributed by atoms with Gasteiger partial charge >= 0.3 is 12.0 Å². The number of hydrogen-bond donors (Lipinski definition) is 3. The predicted octanol–water partition coefficient (Wildman–Crippen LogP) is 0.677.